The molecule has 9 nitrogen and oxygen atoms in total. The number of piperazine rings is 1. The predicted molar refractivity (Wildman–Crippen MR) is 107 cm³/mol. The predicted octanol–water partition coefficient (Wildman–Crippen LogP) is 1.32. The number of carbonyl (C=O) groups is 1. The standard InChI is InChI=1S/C19H21F2N5O4/c1-29-15-10-12(2-4-14(15)30-18(20)21)3-5-16(27)26-8-6-25(7-9-26)13-11-23-19(28)24-17(13)22/h2-5,10-11,18H,6-9H2,1H3,(H3,22,23,24,28)/b5-3+. The van der Waals surface area contributed by atoms with Crippen LogP contribution in [0, 0.1) is 0 Å². The van der Waals surface area contributed by atoms with Gasteiger partial charge in [0.15, 0.2) is 11.5 Å². The summed E-state index contributed by atoms with van der Waals surface area (Å²) in [6.07, 6.45) is 4.40. The Morgan fingerprint density at radius 1 is 1.27 bits per heavy atom. The molecule has 0 aliphatic carbocycles. The summed E-state index contributed by atoms with van der Waals surface area (Å²) in [6.45, 7) is -0.961. The first-order valence-electron chi connectivity index (χ1n) is 9.07. The molecule has 2 aromatic rings. The van der Waals surface area contributed by atoms with Crippen molar-refractivity contribution >= 4 is 23.5 Å². The number of halogens is 2. The summed E-state index contributed by atoms with van der Waals surface area (Å²) >= 11 is 0. The average molecular weight is 421 g/mol. The number of anilines is 2. The van der Waals surface area contributed by atoms with Crippen molar-refractivity contribution in [3.8, 4) is 11.5 Å². The molecule has 1 aliphatic heterocycles. The van der Waals surface area contributed by atoms with Crippen LogP contribution in [0.2, 0.25) is 0 Å². The molecule has 0 unspecified atom stereocenters. The maximum absolute atomic E-state index is 12.5. The molecule has 1 amide bonds. The van der Waals surface area contributed by atoms with E-state index in [1.54, 1.807) is 17.0 Å². The van der Waals surface area contributed by atoms with Crippen LogP contribution < -0.4 is 25.8 Å². The molecule has 3 N–H and O–H groups in total. The smallest absolute Gasteiger partial charge is 0.387 e. The Kier molecular flexibility index (Phi) is 6.50. The van der Waals surface area contributed by atoms with E-state index in [9.17, 15) is 18.4 Å². The molecule has 1 saturated heterocycles. The van der Waals surface area contributed by atoms with Crippen molar-refractivity contribution in [1.82, 2.24) is 14.9 Å². The van der Waals surface area contributed by atoms with Crippen molar-refractivity contribution in [1.29, 1.82) is 0 Å². The van der Waals surface area contributed by atoms with Gasteiger partial charge in [-0.05, 0) is 23.8 Å². The number of alkyl halides is 2. The van der Waals surface area contributed by atoms with Gasteiger partial charge in [-0.3, -0.25) is 9.78 Å². The number of carbonyl (C=O) groups excluding carboxylic acids is 1. The van der Waals surface area contributed by atoms with E-state index in [4.69, 9.17) is 10.5 Å². The highest BCUT2D eigenvalue weighted by molar-refractivity contribution is 5.92. The normalized spacial score (nSPS) is 14.4. The molecular formula is C19H21F2N5O4. The molecule has 0 atom stereocenters. The van der Waals surface area contributed by atoms with Gasteiger partial charge in [-0.1, -0.05) is 6.07 Å². The summed E-state index contributed by atoms with van der Waals surface area (Å²) in [4.78, 5) is 33.4. The first-order chi connectivity index (χ1) is 14.4. The van der Waals surface area contributed by atoms with Crippen LogP contribution in [0.4, 0.5) is 20.3 Å². The highest BCUT2D eigenvalue weighted by Gasteiger charge is 2.21. The third-order valence-electron chi connectivity index (χ3n) is 4.58. The number of methoxy groups -OCH3 is 1. The zero-order valence-electron chi connectivity index (χ0n) is 16.2. The first kappa shape index (κ1) is 21.1. The summed E-state index contributed by atoms with van der Waals surface area (Å²) in [5, 5.41) is 0. The van der Waals surface area contributed by atoms with Gasteiger partial charge >= 0.3 is 12.3 Å². The fraction of sp³-hybridized carbons (Fsp3) is 0.316. The van der Waals surface area contributed by atoms with Crippen molar-refractivity contribution in [2.75, 3.05) is 43.9 Å². The number of nitrogen functional groups attached to an aromatic ring is 1. The maximum atomic E-state index is 12.5. The molecule has 0 radical (unpaired) electrons. The zero-order valence-corrected chi connectivity index (χ0v) is 16.2. The average Bonchev–Trinajstić information content (AvgIpc) is 2.72. The van der Waals surface area contributed by atoms with E-state index in [1.807, 2.05) is 4.90 Å². The van der Waals surface area contributed by atoms with Crippen molar-refractivity contribution in [3.05, 3.63) is 46.5 Å². The number of aromatic nitrogens is 2. The largest absolute Gasteiger partial charge is 0.493 e. The molecule has 0 spiro atoms. The summed E-state index contributed by atoms with van der Waals surface area (Å²) in [5.41, 5.74) is 6.54. The number of nitrogens with one attached hydrogen (secondary N) is 1. The summed E-state index contributed by atoms with van der Waals surface area (Å²) in [7, 11) is 1.34. The Bertz CT molecular complexity index is 987. The van der Waals surface area contributed by atoms with Crippen LogP contribution >= 0.6 is 0 Å². The highest BCUT2D eigenvalue weighted by Crippen LogP contribution is 2.30. The molecule has 1 aromatic carbocycles. The summed E-state index contributed by atoms with van der Waals surface area (Å²) in [5.74, 6) is 0.116. The molecule has 160 valence electrons. The number of aromatic amines is 1. The van der Waals surface area contributed by atoms with Gasteiger partial charge in [0.2, 0.25) is 5.91 Å². The monoisotopic (exact) mass is 421 g/mol. The Hall–Kier alpha value is -3.63. The second-order valence-corrected chi connectivity index (χ2v) is 6.42. The molecule has 1 fully saturated rings. The molecule has 3 rings (SSSR count). The van der Waals surface area contributed by atoms with Gasteiger partial charge in [-0.15, -0.1) is 0 Å². The van der Waals surface area contributed by atoms with Crippen LogP contribution in [0.5, 0.6) is 11.5 Å². The van der Waals surface area contributed by atoms with Crippen LogP contribution in [0.25, 0.3) is 6.08 Å². The van der Waals surface area contributed by atoms with Crippen LogP contribution in [-0.4, -0.2) is 60.7 Å². The van der Waals surface area contributed by atoms with Gasteiger partial charge in [0.05, 0.1) is 19.0 Å². The van der Waals surface area contributed by atoms with Gasteiger partial charge in [-0.25, -0.2) is 4.79 Å². The number of amides is 1. The van der Waals surface area contributed by atoms with Gasteiger partial charge in [0.1, 0.15) is 5.82 Å². The maximum Gasteiger partial charge on any atom is 0.387 e. The quantitative estimate of drug-likeness (QED) is 0.677. The second kappa shape index (κ2) is 9.25. The lowest BCUT2D eigenvalue weighted by atomic mass is 10.2. The Balaban J connectivity index is 1.60. The SMILES string of the molecule is COc1cc(/C=C/C(=O)N2CCN(c3cnc(=O)[nH]c3N)CC2)ccc1OC(F)F. The molecule has 30 heavy (non-hydrogen) atoms. The second-order valence-electron chi connectivity index (χ2n) is 6.42. The first-order valence-corrected chi connectivity index (χ1v) is 9.07. The minimum atomic E-state index is -2.96. The number of rotatable bonds is 6. The minimum absolute atomic E-state index is 0.0804. The topological polar surface area (TPSA) is 114 Å². The molecule has 0 saturated carbocycles. The number of hydrogen-bond donors (Lipinski definition) is 2. The number of benzene rings is 1. The van der Waals surface area contributed by atoms with E-state index in [0.717, 1.165) is 0 Å². The number of H-pyrrole nitrogens is 1. The van der Waals surface area contributed by atoms with E-state index >= 15 is 0 Å². The fourth-order valence-electron chi connectivity index (χ4n) is 3.07. The molecule has 1 aromatic heterocycles. The summed E-state index contributed by atoms with van der Waals surface area (Å²) in [6, 6.07) is 4.41. The fourth-order valence-corrected chi connectivity index (χ4v) is 3.07. The van der Waals surface area contributed by atoms with Crippen LogP contribution in [0.15, 0.2) is 35.3 Å². The van der Waals surface area contributed by atoms with E-state index in [1.165, 1.54) is 31.5 Å². The number of nitrogens with two attached hydrogens (primary N) is 1. The zero-order chi connectivity index (χ0) is 21.7. The highest BCUT2D eigenvalue weighted by atomic mass is 19.3. The van der Waals surface area contributed by atoms with Crippen molar-refractivity contribution in [2.24, 2.45) is 0 Å². The molecule has 11 heteroatoms. The Morgan fingerprint density at radius 3 is 2.63 bits per heavy atom. The lowest BCUT2D eigenvalue weighted by Crippen LogP contribution is -2.48. The Labute approximate surface area is 170 Å². The van der Waals surface area contributed by atoms with Crippen molar-refractivity contribution in [2.45, 2.75) is 6.61 Å². The summed E-state index contributed by atoms with van der Waals surface area (Å²) < 4.78 is 34.2. The van der Waals surface area contributed by atoms with Crippen molar-refractivity contribution in [3.63, 3.8) is 0 Å². The molecule has 1 aliphatic rings. The number of nitrogens with zero attached hydrogens (tertiary/aromatic N) is 3. The number of ether oxygens (including phenoxy) is 2. The van der Waals surface area contributed by atoms with Crippen LogP contribution in [0.3, 0.4) is 0 Å². The third kappa shape index (κ3) is 5.04. The van der Waals surface area contributed by atoms with Gasteiger partial charge in [-0.2, -0.15) is 13.8 Å². The number of hydrogen-bond acceptors (Lipinski definition) is 7. The molecule has 2 heterocycles. The van der Waals surface area contributed by atoms with Crippen molar-refractivity contribution < 1.29 is 23.0 Å². The lowest BCUT2D eigenvalue weighted by Gasteiger charge is -2.35. The van der Waals surface area contributed by atoms with E-state index in [-0.39, 0.29) is 23.2 Å². The van der Waals surface area contributed by atoms with Crippen LogP contribution in [0.1, 0.15) is 5.56 Å². The van der Waals surface area contributed by atoms with Gasteiger partial charge in [0.25, 0.3) is 0 Å². The lowest BCUT2D eigenvalue weighted by molar-refractivity contribution is -0.126. The van der Waals surface area contributed by atoms with E-state index < -0.39 is 12.3 Å². The minimum Gasteiger partial charge on any atom is -0.493 e. The van der Waals surface area contributed by atoms with Crippen LogP contribution in [-0.2, 0) is 4.79 Å². The molecule has 0 bridgehead atoms. The Morgan fingerprint density at radius 2 is 2.00 bits per heavy atom. The molecular weight excluding hydrogens is 400 g/mol. The third-order valence-corrected chi connectivity index (χ3v) is 4.58. The van der Waals surface area contributed by atoms with Gasteiger partial charge in [0, 0.05) is 32.3 Å². The van der Waals surface area contributed by atoms with Gasteiger partial charge < -0.3 is 25.0 Å². The van der Waals surface area contributed by atoms with E-state index in [2.05, 4.69) is 14.7 Å². The van der Waals surface area contributed by atoms with E-state index in [0.29, 0.717) is 37.4 Å².